The van der Waals surface area contributed by atoms with E-state index in [4.69, 9.17) is 4.74 Å². The molecule has 0 saturated carbocycles. The van der Waals surface area contributed by atoms with Gasteiger partial charge in [-0.25, -0.2) is 9.69 Å². The number of ether oxygens (including phenoxy) is 1. The summed E-state index contributed by atoms with van der Waals surface area (Å²) in [6, 6.07) is 22.4. The first-order valence-electron chi connectivity index (χ1n) is 11.8. The Kier molecular flexibility index (Phi) is 7.36. The maximum atomic E-state index is 13.3. The summed E-state index contributed by atoms with van der Waals surface area (Å²) in [7, 11) is 0. The molecule has 4 amide bonds. The van der Waals surface area contributed by atoms with Crippen LogP contribution in [0.4, 0.5) is 10.5 Å². The van der Waals surface area contributed by atoms with Crippen LogP contribution in [0.1, 0.15) is 22.3 Å². The lowest BCUT2D eigenvalue weighted by Gasteiger charge is -2.27. The van der Waals surface area contributed by atoms with Crippen molar-refractivity contribution in [3.05, 3.63) is 109 Å². The molecule has 190 valence electrons. The minimum Gasteiger partial charge on any atom is -0.487 e. The van der Waals surface area contributed by atoms with Gasteiger partial charge in [-0.3, -0.25) is 14.9 Å². The molecule has 1 aliphatic rings. The number of rotatable bonds is 5. The highest BCUT2D eigenvalue weighted by Gasteiger charge is 2.37. The summed E-state index contributed by atoms with van der Waals surface area (Å²) in [4.78, 5) is 39.5. The Morgan fingerprint density at radius 2 is 1.71 bits per heavy atom. The van der Waals surface area contributed by atoms with Gasteiger partial charge in [0.25, 0.3) is 11.8 Å². The lowest BCUT2D eigenvalue weighted by Crippen LogP contribution is -2.54. The van der Waals surface area contributed by atoms with E-state index in [1.807, 2.05) is 50.2 Å². The van der Waals surface area contributed by atoms with Crippen LogP contribution >= 0.6 is 38.5 Å². The number of hydrogen-bond donors (Lipinski definition) is 1. The third kappa shape index (κ3) is 5.10. The molecule has 0 bridgehead atoms. The minimum absolute atomic E-state index is 0.130. The molecule has 1 fully saturated rings. The number of hydrogen-bond acceptors (Lipinski definition) is 4. The smallest absolute Gasteiger partial charge is 0.335 e. The fraction of sp³-hybridized carbons (Fsp3) is 0.100. The third-order valence-corrected chi connectivity index (χ3v) is 7.82. The van der Waals surface area contributed by atoms with E-state index in [0.717, 1.165) is 35.9 Å². The number of amides is 4. The molecule has 4 aromatic carbocycles. The number of imide groups is 2. The van der Waals surface area contributed by atoms with Gasteiger partial charge in [-0.05, 0) is 116 Å². The van der Waals surface area contributed by atoms with Crippen molar-refractivity contribution in [2.24, 2.45) is 0 Å². The monoisotopic (exact) mass is 680 g/mol. The van der Waals surface area contributed by atoms with Crippen molar-refractivity contribution in [2.45, 2.75) is 20.5 Å². The second-order valence-corrected chi connectivity index (χ2v) is 11.0. The predicted molar refractivity (Wildman–Crippen MR) is 160 cm³/mol. The molecule has 4 aromatic rings. The van der Waals surface area contributed by atoms with Crippen LogP contribution in [0.25, 0.3) is 16.8 Å². The van der Waals surface area contributed by atoms with Crippen LogP contribution in [0.5, 0.6) is 5.75 Å². The van der Waals surface area contributed by atoms with Gasteiger partial charge in [0.2, 0.25) is 0 Å². The summed E-state index contributed by atoms with van der Waals surface area (Å²) in [5.41, 5.74) is 3.93. The Bertz CT molecular complexity index is 1640. The first-order chi connectivity index (χ1) is 18.2. The van der Waals surface area contributed by atoms with Gasteiger partial charge in [0.05, 0.1) is 13.7 Å². The molecule has 6 nitrogen and oxygen atoms in total. The standard InChI is InChI=1S/C30H22BrIN2O4/c1-17-10-11-22(12-18(17)2)34-29(36)24(28(35)33-30(34)37)13-19-14-25(31)27(26(32)15-19)38-16-21-8-5-7-20-6-3-4-9-23(20)21/h3-15H,16H2,1-2H3,(H,33,35,37)/b24-13+. The highest BCUT2D eigenvalue weighted by Crippen LogP contribution is 2.34. The first kappa shape index (κ1) is 26.1. The van der Waals surface area contributed by atoms with Gasteiger partial charge in [-0.15, -0.1) is 0 Å². The zero-order valence-electron chi connectivity index (χ0n) is 20.5. The number of aryl methyl sites for hydroxylation is 2. The highest BCUT2D eigenvalue weighted by atomic mass is 127. The number of nitrogens with zero attached hydrogens (tertiary/aromatic N) is 1. The zero-order valence-corrected chi connectivity index (χ0v) is 24.3. The van der Waals surface area contributed by atoms with E-state index >= 15 is 0 Å². The van der Waals surface area contributed by atoms with Gasteiger partial charge in [0.1, 0.15) is 17.9 Å². The van der Waals surface area contributed by atoms with Crippen LogP contribution in [0, 0.1) is 17.4 Å². The highest BCUT2D eigenvalue weighted by molar-refractivity contribution is 14.1. The molecule has 0 aromatic heterocycles. The summed E-state index contributed by atoms with van der Waals surface area (Å²) >= 11 is 5.75. The molecule has 0 radical (unpaired) electrons. The molecule has 1 saturated heterocycles. The first-order valence-corrected chi connectivity index (χ1v) is 13.7. The Morgan fingerprint density at radius 1 is 0.947 bits per heavy atom. The number of carbonyl (C=O) groups is 3. The molecule has 38 heavy (non-hydrogen) atoms. The van der Waals surface area contributed by atoms with Crippen molar-refractivity contribution >= 4 is 78.9 Å². The van der Waals surface area contributed by atoms with E-state index in [0.29, 0.717) is 28.1 Å². The number of fused-ring (bicyclic) bond motifs is 1. The van der Waals surface area contributed by atoms with E-state index in [9.17, 15) is 14.4 Å². The number of halogens is 2. The molecule has 0 atom stereocenters. The van der Waals surface area contributed by atoms with E-state index in [2.05, 4.69) is 62.0 Å². The van der Waals surface area contributed by atoms with E-state index in [-0.39, 0.29) is 5.57 Å². The van der Waals surface area contributed by atoms with Gasteiger partial charge in [0.15, 0.2) is 0 Å². The normalized spacial score (nSPS) is 14.8. The minimum atomic E-state index is -0.770. The van der Waals surface area contributed by atoms with Crippen molar-refractivity contribution < 1.29 is 19.1 Å². The molecule has 1 N–H and O–H groups in total. The number of carbonyl (C=O) groups excluding carboxylic acids is 3. The molecule has 8 heteroatoms. The SMILES string of the molecule is Cc1ccc(N2C(=O)NC(=O)/C(=C\c3cc(Br)c(OCc4cccc5ccccc45)c(I)c3)C2=O)cc1C. The average Bonchev–Trinajstić information content (AvgIpc) is 2.88. The fourth-order valence-corrected chi connectivity index (χ4v) is 6.06. The lowest BCUT2D eigenvalue weighted by atomic mass is 10.0. The molecule has 0 spiro atoms. The second kappa shape index (κ2) is 10.7. The summed E-state index contributed by atoms with van der Waals surface area (Å²) < 4.78 is 7.67. The predicted octanol–water partition coefficient (Wildman–Crippen LogP) is 7.07. The Hall–Kier alpha value is -3.50. The lowest BCUT2D eigenvalue weighted by molar-refractivity contribution is -0.122. The Balaban J connectivity index is 1.42. The van der Waals surface area contributed by atoms with Crippen LogP contribution in [0.2, 0.25) is 0 Å². The van der Waals surface area contributed by atoms with Crippen LogP contribution < -0.4 is 15.0 Å². The fourth-order valence-electron chi connectivity index (χ4n) is 4.29. The van der Waals surface area contributed by atoms with Gasteiger partial charge in [-0.2, -0.15) is 0 Å². The van der Waals surface area contributed by atoms with Crippen molar-refractivity contribution in [3.8, 4) is 5.75 Å². The van der Waals surface area contributed by atoms with Crippen LogP contribution in [-0.4, -0.2) is 17.8 Å². The number of urea groups is 1. The van der Waals surface area contributed by atoms with Gasteiger partial charge in [-0.1, -0.05) is 48.5 Å². The van der Waals surface area contributed by atoms with Gasteiger partial charge < -0.3 is 4.74 Å². The van der Waals surface area contributed by atoms with Crippen LogP contribution in [0.15, 0.2) is 82.8 Å². The molecule has 1 heterocycles. The third-order valence-electron chi connectivity index (χ3n) is 6.43. The van der Waals surface area contributed by atoms with Crippen LogP contribution in [0.3, 0.4) is 0 Å². The van der Waals surface area contributed by atoms with Gasteiger partial charge >= 0.3 is 6.03 Å². The largest absolute Gasteiger partial charge is 0.487 e. The van der Waals surface area contributed by atoms with E-state index < -0.39 is 17.8 Å². The summed E-state index contributed by atoms with van der Waals surface area (Å²) in [5, 5.41) is 4.56. The van der Waals surface area contributed by atoms with Gasteiger partial charge in [0, 0.05) is 0 Å². The summed E-state index contributed by atoms with van der Waals surface area (Å²) in [5.74, 6) is -0.751. The van der Waals surface area contributed by atoms with Crippen LogP contribution in [-0.2, 0) is 16.2 Å². The van der Waals surface area contributed by atoms with Crippen molar-refractivity contribution in [2.75, 3.05) is 4.90 Å². The maximum Gasteiger partial charge on any atom is 0.335 e. The van der Waals surface area contributed by atoms with Crippen molar-refractivity contribution in [3.63, 3.8) is 0 Å². The Labute approximate surface area is 241 Å². The molecule has 1 aliphatic heterocycles. The summed E-state index contributed by atoms with van der Waals surface area (Å²) in [6.07, 6.45) is 1.49. The molecule has 0 aliphatic carbocycles. The van der Waals surface area contributed by atoms with Crippen molar-refractivity contribution in [1.82, 2.24) is 5.32 Å². The number of anilines is 1. The van der Waals surface area contributed by atoms with E-state index in [1.165, 1.54) is 6.08 Å². The van der Waals surface area contributed by atoms with Crippen molar-refractivity contribution in [1.29, 1.82) is 0 Å². The average molecular weight is 681 g/mol. The topological polar surface area (TPSA) is 75.7 Å². The maximum absolute atomic E-state index is 13.3. The quantitative estimate of drug-likeness (QED) is 0.139. The summed E-state index contributed by atoms with van der Waals surface area (Å²) in [6.45, 7) is 4.22. The zero-order chi connectivity index (χ0) is 27.0. The molecule has 5 rings (SSSR count). The van der Waals surface area contributed by atoms with E-state index in [1.54, 1.807) is 18.2 Å². The number of barbiturate groups is 1. The molecular formula is C30H22BrIN2O4. The molecule has 0 unspecified atom stereocenters. The Morgan fingerprint density at radius 3 is 2.47 bits per heavy atom. The molecular weight excluding hydrogens is 659 g/mol. The second-order valence-electron chi connectivity index (χ2n) is 8.97. The number of nitrogens with one attached hydrogen (secondary N) is 1. The number of benzene rings is 4.